The fraction of sp³-hybridized carbons (Fsp3) is 0.250. The molecule has 0 bridgehead atoms. The first-order valence-electron chi connectivity index (χ1n) is 3.69. The molecule has 0 spiro atoms. The molecule has 4 nitrogen and oxygen atoms in total. The van der Waals surface area contributed by atoms with Gasteiger partial charge in [-0.1, -0.05) is 6.08 Å². The summed E-state index contributed by atoms with van der Waals surface area (Å²) < 4.78 is 0. The molecule has 1 amide bonds. The van der Waals surface area contributed by atoms with Crippen molar-refractivity contribution in [1.29, 1.82) is 0 Å². The lowest BCUT2D eigenvalue weighted by atomic mass is 10.2. The summed E-state index contributed by atoms with van der Waals surface area (Å²) in [5.74, 6) is 0.147. The van der Waals surface area contributed by atoms with Crippen LogP contribution in [0.5, 0.6) is 0 Å². The van der Waals surface area contributed by atoms with Crippen molar-refractivity contribution in [2.24, 2.45) is 4.99 Å². The van der Waals surface area contributed by atoms with Crippen LogP contribution < -0.4 is 0 Å². The first-order valence-corrected chi connectivity index (χ1v) is 3.69. The number of aliphatic imine (C=N–C) groups is 1. The van der Waals surface area contributed by atoms with Crippen LogP contribution in [0.4, 0.5) is 0 Å². The number of hydrogen-bond acceptors (Lipinski definition) is 3. The molecular weight excluding hydrogens is 236 g/mol. The van der Waals surface area contributed by atoms with Crippen LogP contribution in [-0.2, 0) is 4.79 Å². The van der Waals surface area contributed by atoms with Crippen LogP contribution in [0.3, 0.4) is 0 Å². The van der Waals surface area contributed by atoms with E-state index < -0.39 is 12.0 Å². The standard InChI is InChI=1S/C8H8N2O2.BrH/c11-6-5-10-4-2-1-3-7(10)9-8(6)12;/h1-4,6,11H,5H2;1H. The van der Waals surface area contributed by atoms with Gasteiger partial charge in [-0.05, 0) is 12.2 Å². The molecule has 2 aliphatic heterocycles. The molecule has 70 valence electrons. The van der Waals surface area contributed by atoms with E-state index in [1.165, 1.54) is 0 Å². The van der Waals surface area contributed by atoms with E-state index in [1.54, 1.807) is 23.3 Å². The van der Waals surface area contributed by atoms with E-state index in [0.29, 0.717) is 12.4 Å². The maximum atomic E-state index is 10.9. The van der Waals surface area contributed by atoms with E-state index in [-0.39, 0.29) is 17.0 Å². The minimum Gasteiger partial charge on any atom is -0.381 e. The molecule has 0 aromatic carbocycles. The van der Waals surface area contributed by atoms with Crippen LogP contribution in [0.15, 0.2) is 29.4 Å². The van der Waals surface area contributed by atoms with Crippen molar-refractivity contribution < 1.29 is 9.90 Å². The predicted molar refractivity (Wildman–Crippen MR) is 53.8 cm³/mol. The topological polar surface area (TPSA) is 52.9 Å². The Kier molecular flexibility index (Phi) is 3.00. The van der Waals surface area contributed by atoms with Gasteiger partial charge in [0.15, 0.2) is 6.10 Å². The average Bonchev–Trinajstić information content (AvgIpc) is 2.07. The number of carbonyl (C=O) groups excluding carboxylic acids is 1. The highest BCUT2D eigenvalue weighted by molar-refractivity contribution is 8.93. The van der Waals surface area contributed by atoms with Crippen LogP contribution in [0.2, 0.25) is 0 Å². The van der Waals surface area contributed by atoms with E-state index >= 15 is 0 Å². The first-order chi connectivity index (χ1) is 5.77. The van der Waals surface area contributed by atoms with Crippen molar-refractivity contribution in [1.82, 2.24) is 4.90 Å². The summed E-state index contributed by atoms with van der Waals surface area (Å²) in [7, 11) is 0. The molecule has 2 aliphatic rings. The summed E-state index contributed by atoms with van der Waals surface area (Å²) >= 11 is 0. The van der Waals surface area contributed by atoms with Gasteiger partial charge in [-0.2, -0.15) is 4.99 Å². The quantitative estimate of drug-likeness (QED) is 0.665. The number of hydrogen-bond donors (Lipinski definition) is 1. The van der Waals surface area contributed by atoms with Gasteiger partial charge >= 0.3 is 0 Å². The molecule has 2 rings (SSSR count). The van der Waals surface area contributed by atoms with E-state index in [2.05, 4.69) is 4.99 Å². The number of nitrogens with zero attached hydrogens (tertiary/aromatic N) is 2. The average molecular weight is 245 g/mol. The fourth-order valence-electron chi connectivity index (χ4n) is 1.18. The van der Waals surface area contributed by atoms with Gasteiger partial charge in [-0.3, -0.25) is 4.79 Å². The third kappa shape index (κ3) is 1.87. The highest BCUT2D eigenvalue weighted by atomic mass is 79.9. The van der Waals surface area contributed by atoms with Crippen LogP contribution >= 0.6 is 17.0 Å². The third-order valence-electron chi connectivity index (χ3n) is 1.80. The minimum atomic E-state index is -0.982. The lowest BCUT2D eigenvalue weighted by molar-refractivity contribution is -0.126. The Balaban J connectivity index is 0.000000845. The highest BCUT2D eigenvalue weighted by Gasteiger charge is 2.25. The molecule has 2 heterocycles. The molecule has 0 radical (unpaired) electrons. The second-order valence-electron chi connectivity index (χ2n) is 2.68. The maximum absolute atomic E-state index is 10.9. The van der Waals surface area contributed by atoms with E-state index in [1.807, 2.05) is 6.08 Å². The summed E-state index contributed by atoms with van der Waals surface area (Å²) in [5, 5.41) is 9.16. The van der Waals surface area contributed by atoms with Gasteiger partial charge < -0.3 is 10.0 Å². The monoisotopic (exact) mass is 244 g/mol. The van der Waals surface area contributed by atoms with Crippen molar-refractivity contribution in [2.45, 2.75) is 6.10 Å². The second kappa shape index (κ2) is 3.85. The summed E-state index contributed by atoms with van der Waals surface area (Å²) in [5.41, 5.74) is 0. The van der Waals surface area contributed by atoms with Crippen molar-refractivity contribution in [3.63, 3.8) is 0 Å². The normalized spacial score (nSPS) is 25.0. The SMILES string of the molecule is Br.O=C1N=C2C=CC=CN2CC1O. The molecule has 13 heavy (non-hydrogen) atoms. The molecule has 0 saturated heterocycles. The lowest BCUT2D eigenvalue weighted by Crippen LogP contribution is -2.42. The fourth-order valence-corrected chi connectivity index (χ4v) is 1.18. The van der Waals surface area contributed by atoms with Gasteiger partial charge in [-0.15, -0.1) is 17.0 Å². The summed E-state index contributed by atoms with van der Waals surface area (Å²) in [6, 6.07) is 0. The largest absolute Gasteiger partial charge is 0.381 e. The van der Waals surface area contributed by atoms with E-state index in [4.69, 9.17) is 5.11 Å². The Morgan fingerprint density at radius 3 is 3.08 bits per heavy atom. The Bertz CT molecular complexity index is 309. The number of carbonyl (C=O) groups is 1. The highest BCUT2D eigenvalue weighted by Crippen LogP contribution is 2.09. The van der Waals surface area contributed by atoms with Crippen LogP contribution in [0.25, 0.3) is 0 Å². The smallest absolute Gasteiger partial charge is 0.278 e. The van der Waals surface area contributed by atoms with E-state index in [9.17, 15) is 4.79 Å². The summed E-state index contributed by atoms with van der Waals surface area (Å²) in [6.07, 6.45) is 6.19. The minimum absolute atomic E-state index is 0. The van der Waals surface area contributed by atoms with E-state index in [0.717, 1.165) is 0 Å². The Morgan fingerprint density at radius 2 is 2.31 bits per heavy atom. The lowest BCUT2D eigenvalue weighted by Gasteiger charge is -2.27. The van der Waals surface area contributed by atoms with Gasteiger partial charge in [0.1, 0.15) is 5.84 Å². The third-order valence-corrected chi connectivity index (χ3v) is 1.80. The Morgan fingerprint density at radius 1 is 1.54 bits per heavy atom. The van der Waals surface area contributed by atoms with Crippen molar-refractivity contribution in [3.8, 4) is 0 Å². The number of halogens is 1. The molecular formula is C8H9BrN2O2. The molecule has 5 heteroatoms. The maximum Gasteiger partial charge on any atom is 0.278 e. The zero-order chi connectivity index (χ0) is 8.55. The summed E-state index contributed by atoms with van der Waals surface area (Å²) in [4.78, 5) is 16.4. The number of aliphatic hydroxyl groups excluding tert-OH is 1. The molecule has 0 aromatic heterocycles. The number of fused-ring (bicyclic) bond motifs is 1. The van der Waals surface area contributed by atoms with Gasteiger partial charge in [0, 0.05) is 6.20 Å². The van der Waals surface area contributed by atoms with Gasteiger partial charge in [-0.25, -0.2) is 0 Å². The van der Waals surface area contributed by atoms with Crippen LogP contribution in [0, 0.1) is 0 Å². The Labute approximate surface area is 86.0 Å². The molecule has 0 saturated carbocycles. The predicted octanol–water partition coefficient (Wildman–Crippen LogP) is 0.249. The zero-order valence-electron chi connectivity index (χ0n) is 6.75. The molecule has 1 atom stereocenters. The van der Waals surface area contributed by atoms with Crippen molar-refractivity contribution in [2.75, 3.05) is 6.54 Å². The second-order valence-corrected chi connectivity index (χ2v) is 2.68. The number of amidine groups is 1. The summed E-state index contributed by atoms with van der Waals surface area (Å²) in [6.45, 7) is 0.304. The van der Waals surface area contributed by atoms with Crippen LogP contribution in [-0.4, -0.2) is 34.4 Å². The van der Waals surface area contributed by atoms with Gasteiger partial charge in [0.05, 0.1) is 6.54 Å². The number of rotatable bonds is 0. The van der Waals surface area contributed by atoms with Crippen LogP contribution in [0.1, 0.15) is 0 Å². The number of aliphatic hydroxyl groups is 1. The van der Waals surface area contributed by atoms with Crippen molar-refractivity contribution >= 4 is 28.7 Å². The number of allylic oxidation sites excluding steroid dienone is 2. The molecule has 0 aromatic rings. The van der Waals surface area contributed by atoms with Gasteiger partial charge in [0.25, 0.3) is 5.91 Å². The first kappa shape index (κ1) is 10.1. The molecule has 1 N–H and O–H groups in total. The number of amides is 1. The Hall–Kier alpha value is -0.940. The van der Waals surface area contributed by atoms with Crippen molar-refractivity contribution in [3.05, 3.63) is 24.4 Å². The molecule has 0 aliphatic carbocycles. The molecule has 0 fully saturated rings. The zero-order valence-corrected chi connectivity index (χ0v) is 8.47. The molecule has 1 unspecified atom stereocenters. The van der Waals surface area contributed by atoms with Gasteiger partial charge in [0.2, 0.25) is 0 Å².